The first-order valence-electron chi connectivity index (χ1n) is 5.55. The molecule has 0 aromatic carbocycles. The van der Waals surface area contributed by atoms with Gasteiger partial charge in [0, 0.05) is 37.6 Å². The Kier molecular flexibility index (Phi) is 4.71. The molecule has 1 aliphatic rings. The Bertz CT molecular complexity index is 333. The molecule has 2 N–H and O–H groups in total. The minimum Gasteiger partial charge on any atom is -0.326 e. The van der Waals surface area contributed by atoms with E-state index >= 15 is 0 Å². The van der Waals surface area contributed by atoms with Crippen molar-refractivity contribution in [3.63, 3.8) is 0 Å². The van der Waals surface area contributed by atoms with Crippen LogP contribution in [0.3, 0.4) is 0 Å². The molecule has 0 aliphatic carbocycles. The zero-order chi connectivity index (χ0) is 10.8. The van der Waals surface area contributed by atoms with Crippen molar-refractivity contribution < 1.29 is 0 Å². The fraction of sp³-hybridized carbons (Fsp3) is 0.583. The van der Waals surface area contributed by atoms with Crippen LogP contribution >= 0.6 is 12.4 Å². The van der Waals surface area contributed by atoms with Gasteiger partial charge in [0.15, 0.2) is 0 Å². The van der Waals surface area contributed by atoms with E-state index in [0.717, 1.165) is 25.3 Å². The minimum absolute atomic E-state index is 0. The Balaban J connectivity index is 0.00000128. The van der Waals surface area contributed by atoms with Crippen LogP contribution in [0.2, 0.25) is 0 Å². The van der Waals surface area contributed by atoms with Crippen molar-refractivity contribution >= 4 is 12.4 Å². The van der Waals surface area contributed by atoms with Gasteiger partial charge < -0.3 is 5.73 Å². The first kappa shape index (κ1) is 13.4. The summed E-state index contributed by atoms with van der Waals surface area (Å²) in [6, 6.07) is 4.49. The van der Waals surface area contributed by atoms with Gasteiger partial charge in [-0.1, -0.05) is 13.0 Å². The van der Waals surface area contributed by atoms with E-state index in [0.29, 0.717) is 12.0 Å². The molecular formula is C12H20ClN3. The summed E-state index contributed by atoms with van der Waals surface area (Å²) in [7, 11) is 0. The van der Waals surface area contributed by atoms with E-state index < -0.39 is 0 Å². The van der Waals surface area contributed by atoms with Gasteiger partial charge >= 0.3 is 0 Å². The summed E-state index contributed by atoms with van der Waals surface area (Å²) in [5.74, 6) is 0.613. The monoisotopic (exact) mass is 241 g/mol. The van der Waals surface area contributed by atoms with E-state index in [2.05, 4.69) is 29.8 Å². The summed E-state index contributed by atoms with van der Waals surface area (Å²) in [6.45, 7) is 7.39. The highest BCUT2D eigenvalue weighted by atomic mass is 35.5. The molecule has 2 rings (SSSR count). The van der Waals surface area contributed by atoms with Gasteiger partial charge in [-0.3, -0.25) is 9.88 Å². The molecule has 1 aliphatic heterocycles. The first-order chi connectivity index (χ1) is 7.16. The van der Waals surface area contributed by atoms with E-state index in [1.54, 1.807) is 0 Å². The molecule has 2 unspecified atom stereocenters. The second-order valence-electron chi connectivity index (χ2n) is 4.58. The lowest BCUT2D eigenvalue weighted by molar-refractivity contribution is 0.318. The first-order valence-corrected chi connectivity index (χ1v) is 5.55. The minimum atomic E-state index is 0. The normalized spacial score (nSPS) is 25.4. The Morgan fingerprint density at radius 1 is 1.50 bits per heavy atom. The summed E-state index contributed by atoms with van der Waals surface area (Å²) in [5.41, 5.74) is 8.45. The fourth-order valence-electron chi connectivity index (χ4n) is 2.15. The molecule has 1 aromatic rings. The molecule has 16 heavy (non-hydrogen) atoms. The molecule has 0 amide bonds. The molecule has 90 valence electrons. The lowest BCUT2D eigenvalue weighted by Crippen LogP contribution is -2.28. The van der Waals surface area contributed by atoms with Crippen LogP contribution in [-0.4, -0.2) is 29.0 Å². The van der Waals surface area contributed by atoms with Gasteiger partial charge in [0.25, 0.3) is 0 Å². The van der Waals surface area contributed by atoms with Gasteiger partial charge in [-0.05, 0) is 24.5 Å². The molecule has 1 fully saturated rings. The number of nitrogens with zero attached hydrogens (tertiary/aromatic N) is 2. The molecule has 2 atom stereocenters. The van der Waals surface area contributed by atoms with Crippen LogP contribution in [0.4, 0.5) is 0 Å². The van der Waals surface area contributed by atoms with Crippen LogP contribution in [0.15, 0.2) is 18.3 Å². The van der Waals surface area contributed by atoms with Crippen molar-refractivity contribution in [3.05, 3.63) is 29.6 Å². The van der Waals surface area contributed by atoms with Gasteiger partial charge in [-0.2, -0.15) is 0 Å². The van der Waals surface area contributed by atoms with E-state index in [1.165, 1.54) is 5.56 Å². The molecule has 0 radical (unpaired) electrons. The standard InChI is InChI=1S/C12H19N3.ClH/c1-9-6-15(8-12(9)13)7-11-4-3-5-14-10(11)2;/h3-5,9,12H,6-8,13H2,1-2H3;1H. The Hall–Kier alpha value is -0.640. The number of rotatable bonds is 2. The predicted molar refractivity (Wildman–Crippen MR) is 68.6 cm³/mol. The summed E-state index contributed by atoms with van der Waals surface area (Å²) in [4.78, 5) is 6.72. The Morgan fingerprint density at radius 3 is 2.81 bits per heavy atom. The highest BCUT2D eigenvalue weighted by Gasteiger charge is 2.26. The lowest BCUT2D eigenvalue weighted by atomic mass is 10.1. The number of aryl methyl sites for hydroxylation is 1. The smallest absolute Gasteiger partial charge is 0.0417 e. The third kappa shape index (κ3) is 2.94. The van der Waals surface area contributed by atoms with Gasteiger partial charge in [0.05, 0.1) is 0 Å². The highest BCUT2D eigenvalue weighted by Crippen LogP contribution is 2.17. The van der Waals surface area contributed by atoms with Crippen LogP contribution < -0.4 is 5.73 Å². The fourth-order valence-corrected chi connectivity index (χ4v) is 2.15. The molecular weight excluding hydrogens is 222 g/mol. The van der Waals surface area contributed by atoms with Crippen molar-refractivity contribution in [3.8, 4) is 0 Å². The average Bonchev–Trinajstić information content (AvgIpc) is 2.50. The molecule has 2 heterocycles. The Morgan fingerprint density at radius 2 is 2.25 bits per heavy atom. The van der Waals surface area contributed by atoms with Crippen molar-refractivity contribution in [2.75, 3.05) is 13.1 Å². The lowest BCUT2D eigenvalue weighted by Gasteiger charge is -2.16. The molecule has 0 saturated carbocycles. The number of hydrogen-bond donors (Lipinski definition) is 1. The molecule has 0 spiro atoms. The van der Waals surface area contributed by atoms with Gasteiger partial charge in [-0.15, -0.1) is 12.4 Å². The largest absolute Gasteiger partial charge is 0.326 e. The second kappa shape index (κ2) is 5.62. The molecule has 1 saturated heterocycles. The summed E-state index contributed by atoms with van der Waals surface area (Å²) in [6.07, 6.45) is 1.84. The summed E-state index contributed by atoms with van der Waals surface area (Å²) >= 11 is 0. The third-order valence-corrected chi connectivity index (χ3v) is 3.26. The SMILES string of the molecule is Cc1ncccc1CN1CC(C)C(N)C1.Cl. The van der Waals surface area contributed by atoms with Gasteiger partial charge in [0.1, 0.15) is 0 Å². The number of pyridine rings is 1. The summed E-state index contributed by atoms with van der Waals surface area (Å²) < 4.78 is 0. The quantitative estimate of drug-likeness (QED) is 0.855. The molecule has 4 heteroatoms. The number of nitrogens with two attached hydrogens (primary N) is 1. The topological polar surface area (TPSA) is 42.2 Å². The number of aromatic nitrogens is 1. The Labute approximate surface area is 103 Å². The number of likely N-dealkylation sites (tertiary alicyclic amines) is 1. The predicted octanol–water partition coefficient (Wildman–Crippen LogP) is 1.59. The average molecular weight is 242 g/mol. The van der Waals surface area contributed by atoms with E-state index in [9.17, 15) is 0 Å². The zero-order valence-electron chi connectivity index (χ0n) is 9.89. The second-order valence-corrected chi connectivity index (χ2v) is 4.58. The molecule has 1 aromatic heterocycles. The molecule has 3 nitrogen and oxygen atoms in total. The third-order valence-electron chi connectivity index (χ3n) is 3.26. The van der Waals surface area contributed by atoms with Crippen LogP contribution in [0.5, 0.6) is 0 Å². The van der Waals surface area contributed by atoms with Crippen LogP contribution in [0, 0.1) is 12.8 Å². The summed E-state index contributed by atoms with van der Waals surface area (Å²) in [5, 5.41) is 0. The number of hydrogen-bond acceptors (Lipinski definition) is 3. The maximum atomic E-state index is 6.00. The van der Waals surface area contributed by atoms with Crippen LogP contribution in [-0.2, 0) is 6.54 Å². The van der Waals surface area contributed by atoms with Gasteiger partial charge in [-0.25, -0.2) is 0 Å². The maximum Gasteiger partial charge on any atom is 0.0417 e. The zero-order valence-corrected chi connectivity index (χ0v) is 10.7. The van der Waals surface area contributed by atoms with E-state index in [1.807, 2.05) is 12.3 Å². The molecule has 0 bridgehead atoms. The van der Waals surface area contributed by atoms with E-state index in [-0.39, 0.29) is 12.4 Å². The van der Waals surface area contributed by atoms with Gasteiger partial charge in [0.2, 0.25) is 0 Å². The van der Waals surface area contributed by atoms with E-state index in [4.69, 9.17) is 5.73 Å². The van der Waals surface area contributed by atoms with Crippen molar-refractivity contribution in [1.82, 2.24) is 9.88 Å². The van der Waals surface area contributed by atoms with Crippen LogP contribution in [0.25, 0.3) is 0 Å². The highest BCUT2D eigenvalue weighted by molar-refractivity contribution is 5.85. The van der Waals surface area contributed by atoms with Crippen LogP contribution in [0.1, 0.15) is 18.2 Å². The van der Waals surface area contributed by atoms with Crippen molar-refractivity contribution in [2.24, 2.45) is 11.7 Å². The van der Waals surface area contributed by atoms with Crippen molar-refractivity contribution in [1.29, 1.82) is 0 Å². The number of halogens is 1. The maximum absolute atomic E-state index is 6.00. The van der Waals surface area contributed by atoms with Crippen molar-refractivity contribution in [2.45, 2.75) is 26.4 Å².